The van der Waals surface area contributed by atoms with Crippen molar-refractivity contribution in [1.29, 1.82) is 0 Å². The Balaban J connectivity index is 0. The fourth-order valence-corrected chi connectivity index (χ4v) is 1.11. The van der Waals surface area contributed by atoms with E-state index in [9.17, 15) is 0 Å². The van der Waals surface area contributed by atoms with Gasteiger partial charge in [-0.15, -0.1) is 0 Å². The molecule has 0 saturated heterocycles. The number of hydrogen-bond acceptors (Lipinski definition) is 2. The Morgan fingerprint density at radius 1 is 1.00 bits per heavy atom. The molecule has 0 spiro atoms. The van der Waals surface area contributed by atoms with Crippen LogP contribution in [-0.4, -0.2) is 49.9 Å². The first-order valence-electron chi connectivity index (χ1n) is 4.87. The van der Waals surface area contributed by atoms with E-state index in [2.05, 4.69) is 51.5 Å². The average Bonchev–Trinajstić information content (AvgIpc) is 2.19. The van der Waals surface area contributed by atoms with E-state index in [-0.39, 0.29) is 5.48 Å². The molecule has 3 heteroatoms. The van der Waals surface area contributed by atoms with Crippen molar-refractivity contribution in [3.8, 4) is 0 Å². The Morgan fingerprint density at radius 3 is 1.87 bits per heavy atom. The van der Waals surface area contributed by atoms with Crippen LogP contribution >= 0.6 is 0 Å². The number of benzene rings is 1. The van der Waals surface area contributed by atoms with Crippen LogP contribution in [0.15, 0.2) is 30.3 Å². The Bertz CT molecular complexity index is 229. The second-order valence-corrected chi connectivity index (χ2v) is 4.25. The zero-order chi connectivity index (χ0) is 11.0. The molecule has 0 radical (unpaired) electrons. The fourth-order valence-electron chi connectivity index (χ4n) is 1.11. The van der Waals surface area contributed by atoms with Crippen LogP contribution in [0, 0.1) is 0 Å². The van der Waals surface area contributed by atoms with E-state index >= 15 is 0 Å². The van der Waals surface area contributed by atoms with Gasteiger partial charge in [0.05, 0.1) is 27.7 Å². The van der Waals surface area contributed by atoms with Crippen LogP contribution in [0.25, 0.3) is 0 Å². The molecule has 0 heterocycles. The van der Waals surface area contributed by atoms with Gasteiger partial charge in [-0.05, 0) is 5.56 Å². The number of nitrogens with zero attached hydrogens (tertiary/aromatic N) is 1. The minimum Gasteiger partial charge on any atom is -0.870 e. The zero-order valence-corrected chi connectivity index (χ0v) is 10.1. The molecular weight excluding hydrogens is 190 g/mol. The number of hydrogen-bond donors (Lipinski definition) is 1. The van der Waals surface area contributed by atoms with Gasteiger partial charge in [-0.2, -0.15) is 0 Å². The number of quaternary nitrogens is 1. The first-order chi connectivity index (χ1) is 6.58. The lowest BCUT2D eigenvalue weighted by atomic mass is 10.1. The lowest BCUT2D eigenvalue weighted by Gasteiger charge is -2.23. The van der Waals surface area contributed by atoms with E-state index in [0.717, 1.165) is 11.6 Å². The van der Waals surface area contributed by atoms with Crippen molar-refractivity contribution in [1.82, 2.24) is 0 Å². The molecule has 0 aliphatic carbocycles. The molecule has 1 aromatic rings. The number of likely N-dealkylation sites (N-methyl/N-ethyl adjacent to an activating group) is 1. The van der Waals surface area contributed by atoms with Gasteiger partial charge in [-0.1, -0.05) is 30.3 Å². The minimum absolute atomic E-state index is 0. The van der Waals surface area contributed by atoms with Crippen molar-refractivity contribution in [2.45, 2.75) is 6.42 Å². The summed E-state index contributed by atoms with van der Waals surface area (Å²) in [5.41, 5.74) is 1.44. The second kappa shape index (κ2) is 8.41. The van der Waals surface area contributed by atoms with Gasteiger partial charge >= 0.3 is 0 Å². The molecule has 0 aliphatic heterocycles. The highest BCUT2D eigenvalue weighted by Crippen LogP contribution is 2.02. The summed E-state index contributed by atoms with van der Waals surface area (Å²) in [4.78, 5) is 0. The maximum Gasteiger partial charge on any atom is 0.0821 e. The third-order valence-corrected chi connectivity index (χ3v) is 1.91. The van der Waals surface area contributed by atoms with Gasteiger partial charge in [0, 0.05) is 13.5 Å². The molecular formula is C12H23NO2. The fraction of sp³-hybridized carbons (Fsp3) is 0.500. The standard InChI is InChI=1S/C11H18N.CH4O.H2O/c1-12(2,3)10-9-11-7-5-4-6-8-11;1-2;/h4-8H,9-10H2,1-3H3;2H,1H3;1H2/q+1;;/p-1. The maximum atomic E-state index is 7.00. The summed E-state index contributed by atoms with van der Waals surface area (Å²) in [5, 5.41) is 7.00. The van der Waals surface area contributed by atoms with Crippen molar-refractivity contribution in [2.24, 2.45) is 0 Å². The van der Waals surface area contributed by atoms with Gasteiger partial charge in [-0.3, -0.25) is 0 Å². The summed E-state index contributed by atoms with van der Waals surface area (Å²) in [5.74, 6) is 0. The molecule has 1 rings (SSSR count). The van der Waals surface area contributed by atoms with Gasteiger partial charge in [0.25, 0.3) is 0 Å². The predicted octanol–water partition coefficient (Wildman–Crippen LogP) is 1.37. The van der Waals surface area contributed by atoms with Crippen LogP contribution in [0.1, 0.15) is 5.56 Å². The van der Waals surface area contributed by atoms with Crippen LogP contribution in [0.5, 0.6) is 0 Å². The Hall–Kier alpha value is -0.900. The summed E-state index contributed by atoms with van der Waals surface area (Å²) in [6.07, 6.45) is 1.17. The highest BCUT2D eigenvalue weighted by Gasteiger charge is 2.05. The molecule has 0 amide bonds. The van der Waals surface area contributed by atoms with Gasteiger partial charge in [-0.25, -0.2) is 0 Å². The molecule has 0 saturated carbocycles. The number of aliphatic hydroxyl groups is 1. The van der Waals surface area contributed by atoms with Crippen LogP contribution in [0.2, 0.25) is 0 Å². The van der Waals surface area contributed by atoms with Gasteiger partial charge < -0.3 is 15.1 Å². The molecule has 15 heavy (non-hydrogen) atoms. The molecule has 0 unspecified atom stereocenters. The first-order valence-corrected chi connectivity index (χ1v) is 4.87. The van der Waals surface area contributed by atoms with E-state index in [4.69, 9.17) is 5.11 Å². The molecule has 1 aromatic carbocycles. The van der Waals surface area contributed by atoms with Crippen LogP contribution in [-0.2, 0) is 6.42 Å². The first kappa shape index (κ1) is 16.5. The summed E-state index contributed by atoms with van der Waals surface area (Å²) in [6.45, 7) is 1.20. The van der Waals surface area contributed by atoms with E-state index < -0.39 is 0 Å². The highest BCUT2D eigenvalue weighted by atomic mass is 16.2. The third-order valence-electron chi connectivity index (χ3n) is 1.91. The predicted molar refractivity (Wildman–Crippen MR) is 63.1 cm³/mol. The van der Waals surface area contributed by atoms with Crippen LogP contribution < -0.4 is 0 Å². The quantitative estimate of drug-likeness (QED) is 0.771. The summed E-state index contributed by atoms with van der Waals surface area (Å²) in [6, 6.07) is 10.6. The molecule has 2 N–H and O–H groups in total. The van der Waals surface area contributed by atoms with E-state index in [1.165, 1.54) is 18.5 Å². The molecule has 0 aromatic heterocycles. The molecule has 0 fully saturated rings. The van der Waals surface area contributed by atoms with Crippen molar-refractivity contribution < 1.29 is 15.1 Å². The normalized spacial score (nSPS) is 9.67. The lowest BCUT2D eigenvalue weighted by Crippen LogP contribution is -2.36. The van der Waals surface area contributed by atoms with Crippen molar-refractivity contribution >= 4 is 0 Å². The molecule has 0 aliphatic rings. The van der Waals surface area contributed by atoms with Gasteiger partial charge in [0.2, 0.25) is 0 Å². The lowest BCUT2D eigenvalue weighted by molar-refractivity contribution is -0.870. The molecule has 3 nitrogen and oxygen atoms in total. The Morgan fingerprint density at radius 2 is 1.47 bits per heavy atom. The highest BCUT2D eigenvalue weighted by molar-refractivity contribution is 5.14. The third kappa shape index (κ3) is 9.41. The minimum atomic E-state index is 0. The Labute approximate surface area is 92.9 Å². The smallest absolute Gasteiger partial charge is 0.0821 e. The Kier molecular flexibility index (Phi) is 9.27. The monoisotopic (exact) mass is 213 g/mol. The number of rotatable bonds is 3. The summed E-state index contributed by atoms with van der Waals surface area (Å²) >= 11 is 0. The van der Waals surface area contributed by atoms with E-state index in [1.54, 1.807) is 0 Å². The van der Waals surface area contributed by atoms with Crippen molar-refractivity contribution in [3.63, 3.8) is 0 Å². The van der Waals surface area contributed by atoms with Gasteiger partial charge in [0.15, 0.2) is 0 Å². The SMILES string of the molecule is CO.C[N+](C)(C)CCc1ccccc1.[OH-]. The molecule has 0 bridgehead atoms. The topological polar surface area (TPSA) is 50.2 Å². The van der Waals surface area contributed by atoms with Crippen LogP contribution in [0.3, 0.4) is 0 Å². The number of aliphatic hydroxyl groups excluding tert-OH is 1. The maximum absolute atomic E-state index is 7.00. The molecule has 0 atom stereocenters. The van der Waals surface area contributed by atoms with E-state index in [0.29, 0.717) is 0 Å². The van der Waals surface area contributed by atoms with Crippen LogP contribution in [0.4, 0.5) is 0 Å². The summed E-state index contributed by atoms with van der Waals surface area (Å²) in [7, 11) is 7.68. The summed E-state index contributed by atoms with van der Waals surface area (Å²) < 4.78 is 1.04. The molecule has 88 valence electrons. The zero-order valence-electron chi connectivity index (χ0n) is 10.1. The van der Waals surface area contributed by atoms with Gasteiger partial charge in [0.1, 0.15) is 0 Å². The van der Waals surface area contributed by atoms with Crippen molar-refractivity contribution in [2.75, 3.05) is 34.8 Å². The van der Waals surface area contributed by atoms with Crippen molar-refractivity contribution in [3.05, 3.63) is 35.9 Å². The largest absolute Gasteiger partial charge is 0.870 e. The second-order valence-electron chi connectivity index (χ2n) is 4.25. The average molecular weight is 213 g/mol. The van der Waals surface area contributed by atoms with E-state index in [1.807, 2.05) is 0 Å².